The molecule has 0 saturated carbocycles. The van der Waals surface area contributed by atoms with Gasteiger partial charge in [0.2, 0.25) is 0 Å². The average molecular weight is 336 g/mol. The summed E-state index contributed by atoms with van der Waals surface area (Å²) in [5.41, 5.74) is 5.49. The molecule has 0 saturated heterocycles. The summed E-state index contributed by atoms with van der Waals surface area (Å²) >= 11 is 1.31. The first-order valence-corrected chi connectivity index (χ1v) is 6.40. The number of alkyl halides is 3. The van der Waals surface area contributed by atoms with Gasteiger partial charge in [-0.15, -0.1) is 23.7 Å². The quantitative estimate of drug-likeness (QED) is 0.705. The lowest BCUT2D eigenvalue weighted by Gasteiger charge is -2.20. The molecule has 0 aromatic carbocycles. The zero-order chi connectivity index (χ0) is 14.3. The van der Waals surface area contributed by atoms with Gasteiger partial charge in [-0.2, -0.15) is 13.2 Å². The van der Waals surface area contributed by atoms with E-state index in [1.165, 1.54) is 11.3 Å². The van der Waals surface area contributed by atoms with Crippen molar-refractivity contribution in [3.63, 3.8) is 0 Å². The molecule has 0 spiro atoms. The van der Waals surface area contributed by atoms with Crippen molar-refractivity contribution in [3.8, 4) is 0 Å². The van der Waals surface area contributed by atoms with Crippen LogP contribution in [-0.2, 0) is 11.3 Å². The zero-order valence-corrected chi connectivity index (χ0v) is 12.2. The predicted molar refractivity (Wildman–Crippen MR) is 73.0 cm³/mol. The number of hydrogen-bond donors (Lipinski definition) is 2. The zero-order valence-electron chi connectivity index (χ0n) is 10.6. The molecular formula is C10H17ClF3N3O2S. The molecule has 0 fully saturated rings. The van der Waals surface area contributed by atoms with E-state index in [9.17, 15) is 13.2 Å². The molecule has 20 heavy (non-hydrogen) atoms. The van der Waals surface area contributed by atoms with Crippen molar-refractivity contribution >= 4 is 28.9 Å². The average Bonchev–Trinajstić information content (AvgIpc) is 2.69. The van der Waals surface area contributed by atoms with E-state index in [0.717, 1.165) is 4.88 Å². The minimum atomic E-state index is -4.31. The van der Waals surface area contributed by atoms with E-state index < -0.39 is 12.8 Å². The summed E-state index contributed by atoms with van der Waals surface area (Å²) < 4.78 is 40.2. The summed E-state index contributed by atoms with van der Waals surface area (Å²) in [6.07, 6.45) is -2.70. The minimum absolute atomic E-state index is 0. The Balaban J connectivity index is 0.00000361. The van der Waals surface area contributed by atoms with Gasteiger partial charge in [0.05, 0.1) is 13.2 Å². The second-order valence-corrected chi connectivity index (χ2v) is 4.98. The van der Waals surface area contributed by atoms with Crippen LogP contribution in [0.25, 0.3) is 0 Å². The van der Waals surface area contributed by atoms with E-state index in [-0.39, 0.29) is 25.6 Å². The Labute approximate surface area is 125 Å². The molecule has 0 aliphatic heterocycles. The van der Waals surface area contributed by atoms with Crippen LogP contribution < -0.4 is 5.73 Å². The number of nitrogen functional groups attached to an aromatic ring is 1. The monoisotopic (exact) mass is 335 g/mol. The third-order valence-electron chi connectivity index (χ3n) is 2.18. The number of ether oxygens (including phenoxy) is 1. The lowest BCUT2D eigenvalue weighted by molar-refractivity contribution is -0.174. The van der Waals surface area contributed by atoms with Crippen molar-refractivity contribution in [2.75, 3.05) is 38.6 Å². The van der Waals surface area contributed by atoms with E-state index in [4.69, 9.17) is 10.8 Å². The van der Waals surface area contributed by atoms with Gasteiger partial charge in [0.1, 0.15) is 6.61 Å². The number of rotatable bonds is 8. The molecule has 5 nitrogen and oxygen atoms in total. The van der Waals surface area contributed by atoms with Crippen molar-refractivity contribution in [2.45, 2.75) is 12.7 Å². The largest absolute Gasteiger partial charge is 0.411 e. The number of aromatic nitrogens is 1. The lowest BCUT2D eigenvalue weighted by atomic mass is 10.4. The Bertz CT molecular complexity index is 379. The summed E-state index contributed by atoms with van der Waals surface area (Å²) in [5, 5.41) is 9.34. The standard InChI is InChI=1S/C10H16F3N3O2S.ClH/c11-10(12,13)7-18-4-2-16(1-3-17)6-8-5-15-9(14)19-8;/h5,17H,1-4,6-7H2,(H2,14,15);1H. The molecule has 1 aromatic heterocycles. The Morgan fingerprint density at radius 2 is 2.10 bits per heavy atom. The number of anilines is 1. The Morgan fingerprint density at radius 3 is 2.60 bits per heavy atom. The van der Waals surface area contributed by atoms with Crippen LogP contribution in [0.3, 0.4) is 0 Å². The maximum atomic E-state index is 11.9. The van der Waals surface area contributed by atoms with Gasteiger partial charge in [-0.05, 0) is 0 Å². The van der Waals surface area contributed by atoms with E-state index in [1.54, 1.807) is 11.1 Å². The normalized spacial score (nSPS) is 11.7. The van der Waals surface area contributed by atoms with Crippen molar-refractivity contribution < 1.29 is 23.0 Å². The summed E-state index contributed by atoms with van der Waals surface area (Å²) in [5.74, 6) is 0. The number of aliphatic hydroxyl groups excluding tert-OH is 1. The van der Waals surface area contributed by atoms with Crippen LogP contribution in [0.4, 0.5) is 18.3 Å². The van der Waals surface area contributed by atoms with Crippen molar-refractivity contribution in [2.24, 2.45) is 0 Å². The number of halogens is 4. The van der Waals surface area contributed by atoms with E-state index in [0.29, 0.717) is 24.8 Å². The molecule has 1 heterocycles. The highest BCUT2D eigenvalue weighted by atomic mass is 35.5. The third kappa shape index (κ3) is 8.54. The van der Waals surface area contributed by atoms with E-state index >= 15 is 0 Å². The van der Waals surface area contributed by atoms with Gasteiger partial charge >= 0.3 is 6.18 Å². The highest BCUT2D eigenvalue weighted by Crippen LogP contribution is 2.17. The highest BCUT2D eigenvalue weighted by Gasteiger charge is 2.27. The number of nitrogens with zero attached hydrogens (tertiary/aromatic N) is 2. The molecular weight excluding hydrogens is 319 g/mol. The van der Waals surface area contributed by atoms with Crippen LogP contribution in [0.5, 0.6) is 0 Å². The van der Waals surface area contributed by atoms with Gasteiger partial charge in [-0.1, -0.05) is 0 Å². The summed E-state index contributed by atoms with van der Waals surface area (Å²) in [7, 11) is 0. The van der Waals surface area contributed by atoms with Gasteiger partial charge < -0.3 is 15.6 Å². The van der Waals surface area contributed by atoms with E-state index in [2.05, 4.69) is 9.72 Å². The van der Waals surface area contributed by atoms with Gasteiger partial charge in [-0.3, -0.25) is 4.90 Å². The molecule has 3 N–H and O–H groups in total. The second-order valence-electron chi connectivity index (χ2n) is 3.83. The number of aliphatic hydroxyl groups is 1. The summed E-state index contributed by atoms with van der Waals surface area (Å²) in [6.45, 7) is -0.249. The molecule has 10 heteroatoms. The minimum Gasteiger partial charge on any atom is -0.395 e. The van der Waals surface area contributed by atoms with Crippen LogP contribution in [0.1, 0.15) is 4.88 Å². The topological polar surface area (TPSA) is 71.6 Å². The molecule has 1 rings (SSSR count). The van der Waals surface area contributed by atoms with Crippen molar-refractivity contribution in [1.82, 2.24) is 9.88 Å². The van der Waals surface area contributed by atoms with Crippen molar-refractivity contribution in [3.05, 3.63) is 11.1 Å². The Morgan fingerprint density at radius 1 is 1.40 bits per heavy atom. The molecule has 0 aliphatic carbocycles. The lowest BCUT2D eigenvalue weighted by Crippen LogP contribution is -2.31. The van der Waals surface area contributed by atoms with Gasteiger partial charge in [0, 0.05) is 30.7 Å². The van der Waals surface area contributed by atoms with Crippen molar-refractivity contribution in [1.29, 1.82) is 0 Å². The van der Waals surface area contributed by atoms with Gasteiger partial charge in [-0.25, -0.2) is 4.98 Å². The fourth-order valence-corrected chi connectivity index (χ4v) is 2.14. The predicted octanol–water partition coefficient (Wildman–Crippen LogP) is 1.52. The maximum Gasteiger partial charge on any atom is 0.411 e. The van der Waals surface area contributed by atoms with Crippen LogP contribution in [-0.4, -0.2) is 54.1 Å². The van der Waals surface area contributed by atoms with Crippen LogP contribution in [0.15, 0.2) is 6.20 Å². The number of thiazole rings is 1. The van der Waals surface area contributed by atoms with E-state index in [1.807, 2.05) is 0 Å². The molecule has 0 atom stereocenters. The van der Waals surface area contributed by atoms with Gasteiger partial charge in [0.15, 0.2) is 5.13 Å². The third-order valence-corrected chi connectivity index (χ3v) is 3.00. The highest BCUT2D eigenvalue weighted by molar-refractivity contribution is 7.15. The smallest absolute Gasteiger partial charge is 0.395 e. The van der Waals surface area contributed by atoms with Crippen LogP contribution >= 0.6 is 23.7 Å². The molecule has 0 amide bonds. The summed E-state index contributed by atoms with van der Waals surface area (Å²) in [6, 6.07) is 0. The first-order valence-electron chi connectivity index (χ1n) is 5.58. The molecule has 118 valence electrons. The fourth-order valence-electron chi connectivity index (χ4n) is 1.41. The molecule has 0 radical (unpaired) electrons. The first kappa shape index (κ1) is 19.4. The number of hydrogen-bond acceptors (Lipinski definition) is 6. The SMILES string of the molecule is Cl.Nc1ncc(CN(CCO)CCOCC(F)(F)F)s1. The Hall–Kier alpha value is -0.610. The van der Waals surface area contributed by atoms with Gasteiger partial charge in [0.25, 0.3) is 0 Å². The molecule has 0 bridgehead atoms. The van der Waals surface area contributed by atoms with Crippen LogP contribution in [0.2, 0.25) is 0 Å². The molecule has 1 aromatic rings. The summed E-state index contributed by atoms with van der Waals surface area (Å²) in [4.78, 5) is 6.56. The number of nitrogens with two attached hydrogens (primary N) is 1. The Kier molecular flexibility index (Phi) is 9.06. The maximum absolute atomic E-state index is 11.9. The molecule has 0 aliphatic rings. The second kappa shape index (κ2) is 9.35. The fraction of sp³-hybridized carbons (Fsp3) is 0.700. The molecule has 0 unspecified atom stereocenters. The van der Waals surface area contributed by atoms with Crippen LogP contribution in [0, 0.1) is 0 Å². The first-order chi connectivity index (χ1) is 8.90.